The van der Waals surface area contributed by atoms with Crippen LogP contribution in [-0.2, 0) is 0 Å². The van der Waals surface area contributed by atoms with Gasteiger partial charge in [0, 0.05) is 11.8 Å². The Morgan fingerprint density at radius 2 is 1.95 bits per heavy atom. The van der Waals surface area contributed by atoms with Gasteiger partial charge in [0.15, 0.2) is 0 Å². The van der Waals surface area contributed by atoms with Gasteiger partial charge in [0.2, 0.25) is 5.88 Å². The van der Waals surface area contributed by atoms with Crippen molar-refractivity contribution in [2.75, 3.05) is 6.61 Å². The van der Waals surface area contributed by atoms with Gasteiger partial charge < -0.3 is 4.74 Å². The van der Waals surface area contributed by atoms with Gasteiger partial charge in [0.05, 0.1) is 6.61 Å². The van der Waals surface area contributed by atoms with Crippen molar-refractivity contribution in [1.29, 1.82) is 0 Å². The molecule has 20 heavy (non-hydrogen) atoms. The number of ether oxygens (including phenoxy) is 1. The summed E-state index contributed by atoms with van der Waals surface area (Å²) in [6.07, 6.45) is 5.59. The van der Waals surface area contributed by atoms with Crippen LogP contribution in [0.15, 0.2) is 36.5 Å². The average molecular weight is 271 g/mol. The normalized spacial score (nSPS) is 14.9. The van der Waals surface area contributed by atoms with Gasteiger partial charge >= 0.3 is 0 Å². The maximum Gasteiger partial charge on any atom is 0.216 e. The molecular formula is C17H18FNO. The third kappa shape index (κ3) is 2.67. The highest BCUT2D eigenvalue weighted by Crippen LogP contribution is 2.30. The molecule has 2 nitrogen and oxygen atoms in total. The van der Waals surface area contributed by atoms with E-state index in [-0.39, 0.29) is 5.82 Å². The molecule has 0 aliphatic heterocycles. The fraction of sp³-hybridized carbons (Fsp3) is 0.353. The molecule has 0 saturated heterocycles. The van der Waals surface area contributed by atoms with E-state index in [1.807, 2.05) is 13.0 Å². The Balaban J connectivity index is 1.82. The van der Waals surface area contributed by atoms with Crippen LogP contribution in [0.3, 0.4) is 0 Å². The maximum atomic E-state index is 13.0. The van der Waals surface area contributed by atoms with E-state index in [1.165, 1.54) is 31.4 Å². The number of nitrogens with zero attached hydrogens (tertiary/aromatic N) is 1. The molecule has 1 aromatic carbocycles. The van der Waals surface area contributed by atoms with Crippen molar-refractivity contribution in [3.05, 3.63) is 47.9 Å². The number of aromatic nitrogens is 1. The summed E-state index contributed by atoms with van der Waals surface area (Å²) >= 11 is 0. The minimum absolute atomic E-state index is 0.220. The van der Waals surface area contributed by atoms with Gasteiger partial charge in [-0.2, -0.15) is 0 Å². The lowest BCUT2D eigenvalue weighted by atomic mass is 9.86. The molecule has 1 aromatic heterocycles. The lowest BCUT2D eigenvalue weighted by Gasteiger charge is -2.25. The quantitative estimate of drug-likeness (QED) is 0.823. The van der Waals surface area contributed by atoms with Crippen LogP contribution in [0.4, 0.5) is 4.39 Å². The van der Waals surface area contributed by atoms with Gasteiger partial charge in [-0.15, -0.1) is 0 Å². The van der Waals surface area contributed by atoms with E-state index in [4.69, 9.17) is 4.74 Å². The minimum Gasteiger partial charge on any atom is -0.477 e. The van der Waals surface area contributed by atoms with Gasteiger partial charge in [-0.1, -0.05) is 18.6 Å². The summed E-state index contributed by atoms with van der Waals surface area (Å²) in [5.74, 6) is 1.16. The zero-order chi connectivity index (χ0) is 13.9. The molecule has 1 fully saturated rings. The van der Waals surface area contributed by atoms with Crippen LogP contribution in [-0.4, -0.2) is 11.6 Å². The number of benzene rings is 1. The standard InChI is InChI=1S/C17H18FNO/c1-12-16(14-5-7-15(18)8-6-14)9-10-19-17(12)20-11-13-3-2-4-13/h5-10,13H,2-4,11H2,1H3. The SMILES string of the molecule is Cc1c(-c2ccc(F)cc2)ccnc1OCC1CCC1. The second-order valence-corrected chi connectivity index (χ2v) is 5.40. The van der Waals surface area contributed by atoms with Crippen LogP contribution in [0.1, 0.15) is 24.8 Å². The van der Waals surface area contributed by atoms with Crippen molar-refractivity contribution in [3.63, 3.8) is 0 Å². The molecular weight excluding hydrogens is 253 g/mol. The van der Waals surface area contributed by atoms with Gasteiger partial charge in [0.1, 0.15) is 5.82 Å². The van der Waals surface area contributed by atoms with E-state index in [0.717, 1.165) is 23.3 Å². The molecule has 2 aromatic rings. The summed E-state index contributed by atoms with van der Waals surface area (Å²) in [5.41, 5.74) is 3.04. The topological polar surface area (TPSA) is 22.1 Å². The van der Waals surface area contributed by atoms with Gasteiger partial charge in [0.25, 0.3) is 0 Å². The monoisotopic (exact) mass is 271 g/mol. The van der Waals surface area contributed by atoms with Crippen molar-refractivity contribution in [2.45, 2.75) is 26.2 Å². The van der Waals surface area contributed by atoms with E-state index in [1.54, 1.807) is 18.3 Å². The second-order valence-electron chi connectivity index (χ2n) is 5.40. The van der Waals surface area contributed by atoms with Crippen LogP contribution < -0.4 is 4.74 Å². The fourth-order valence-corrected chi connectivity index (χ4v) is 2.46. The van der Waals surface area contributed by atoms with Crippen molar-refractivity contribution in [2.24, 2.45) is 5.92 Å². The highest BCUT2D eigenvalue weighted by atomic mass is 19.1. The molecule has 0 N–H and O–H groups in total. The molecule has 1 saturated carbocycles. The predicted molar refractivity (Wildman–Crippen MR) is 77.2 cm³/mol. The summed E-state index contributed by atoms with van der Waals surface area (Å²) in [7, 11) is 0. The minimum atomic E-state index is -0.220. The van der Waals surface area contributed by atoms with Crippen molar-refractivity contribution in [3.8, 4) is 17.0 Å². The third-order valence-electron chi connectivity index (χ3n) is 3.99. The van der Waals surface area contributed by atoms with E-state index in [0.29, 0.717) is 11.8 Å². The molecule has 0 radical (unpaired) electrons. The molecule has 3 rings (SSSR count). The molecule has 1 aliphatic carbocycles. The summed E-state index contributed by atoms with van der Waals surface area (Å²) < 4.78 is 18.8. The Hall–Kier alpha value is -1.90. The summed E-state index contributed by atoms with van der Waals surface area (Å²) in [4.78, 5) is 4.32. The maximum absolute atomic E-state index is 13.0. The number of rotatable bonds is 4. The zero-order valence-electron chi connectivity index (χ0n) is 11.6. The Kier molecular flexibility index (Phi) is 3.68. The largest absolute Gasteiger partial charge is 0.477 e. The summed E-state index contributed by atoms with van der Waals surface area (Å²) in [6, 6.07) is 8.47. The van der Waals surface area contributed by atoms with E-state index >= 15 is 0 Å². The lowest BCUT2D eigenvalue weighted by Crippen LogP contribution is -2.19. The first kappa shape index (κ1) is 13.1. The van der Waals surface area contributed by atoms with Gasteiger partial charge in [-0.05, 0) is 55.0 Å². The zero-order valence-corrected chi connectivity index (χ0v) is 11.6. The molecule has 3 heteroatoms. The number of pyridine rings is 1. The Labute approximate surface area is 118 Å². The predicted octanol–water partition coefficient (Wildman–Crippen LogP) is 4.38. The van der Waals surface area contributed by atoms with Crippen LogP contribution in [0.2, 0.25) is 0 Å². The van der Waals surface area contributed by atoms with Gasteiger partial charge in [-0.25, -0.2) is 9.37 Å². The van der Waals surface area contributed by atoms with Crippen molar-refractivity contribution < 1.29 is 9.13 Å². The van der Waals surface area contributed by atoms with Crippen LogP contribution >= 0.6 is 0 Å². The molecule has 0 unspecified atom stereocenters. The Morgan fingerprint density at radius 3 is 2.60 bits per heavy atom. The van der Waals surface area contributed by atoms with Crippen molar-refractivity contribution >= 4 is 0 Å². The lowest BCUT2D eigenvalue weighted by molar-refractivity contribution is 0.175. The molecule has 0 spiro atoms. The molecule has 0 amide bonds. The Morgan fingerprint density at radius 1 is 1.20 bits per heavy atom. The molecule has 1 heterocycles. The van der Waals surface area contributed by atoms with E-state index < -0.39 is 0 Å². The summed E-state index contributed by atoms with van der Waals surface area (Å²) in [5, 5.41) is 0. The number of halogens is 1. The summed E-state index contributed by atoms with van der Waals surface area (Å²) in [6.45, 7) is 2.75. The Bertz CT molecular complexity index is 590. The highest BCUT2D eigenvalue weighted by Gasteiger charge is 2.19. The number of hydrogen-bond donors (Lipinski definition) is 0. The first-order valence-corrected chi connectivity index (χ1v) is 7.08. The molecule has 1 aliphatic rings. The van der Waals surface area contributed by atoms with E-state index in [9.17, 15) is 4.39 Å². The molecule has 0 atom stereocenters. The van der Waals surface area contributed by atoms with E-state index in [2.05, 4.69) is 4.98 Å². The van der Waals surface area contributed by atoms with Crippen LogP contribution in [0, 0.1) is 18.7 Å². The second kappa shape index (κ2) is 5.61. The molecule has 0 bridgehead atoms. The fourth-order valence-electron chi connectivity index (χ4n) is 2.46. The van der Waals surface area contributed by atoms with Crippen molar-refractivity contribution in [1.82, 2.24) is 4.98 Å². The third-order valence-corrected chi connectivity index (χ3v) is 3.99. The average Bonchev–Trinajstić information content (AvgIpc) is 2.40. The smallest absolute Gasteiger partial charge is 0.216 e. The molecule has 104 valence electrons. The van der Waals surface area contributed by atoms with Crippen LogP contribution in [0.25, 0.3) is 11.1 Å². The van der Waals surface area contributed by atoms with Crippen LogP contribution in [0.5, 0.6) is 5.88 Å². The first-order valence-electron chi connectivity index (χ1n) is 7.08. The number of hydrogen-bond acceptors (Lipinski definition) is 2. The first-order chi connectivity index (χ1) is 9.74. The highest BCUT2D eigenvalue weighted by molar-refractivity contribution is 5.68. The van der Waals surface area contributed by atoms with Gasteiger partial charge in [-0.3, -0.25) is 0 Å².